The van der Waals surface area contributed by atoms with E-state index < -0.39 is 0 Å². The molecule has 0 aliphatic carbocycles. The Hall–Kier alpha value is -1.03. The quantitative estimate of drug-likeness (QED) is 0.502. The summed E-state index contributed by atoms with van der Waals surface area (Å²) in [5, 5.41) is 15.2. The van der Waals surface area contributed by atoms with Gasteiger partial charge in [-0.25, -0.2) is 0 Å². The lowest BCUT2D eigenvalue weighted by molar-refractivity contribution is 0.314. The predicted octanol–water partition coefficient (Wildman–Crippen LogP) is 3.49. The van der Waals surface area contributed by atoms with E-state index in [0.29, 0.717) is 5.71 Å². The Morgan fingerprint density at radius 1 is 1.33 bits per heavy atom. The Morgan fingerprint density at radius 2 is 1.87 bits per heavy atom. The lowest BCUT2D eigenvalue weighted by atomic mass is 9.99. The molecular formula is C11H15BrN2O. The zero-order valence-corrected chi connectivity index (χ0v) is 10.7. The average Bonchev–Trinajstić information content (AvgIpc) is 2.20. The van der Waals surface area contributed by atoms with E-state index in [-0.39, 0.29) is 5.54 Å². The van der Waals surface area contributed by atoms with Crippen molar-refractivity contribution >= 4 is 27.3 Å². The average molecular weight is 271 g/mol. The van der Waals surface area contributed by atoms with E-state index in [4.69, 9.17) is 5.21 Å². The summed E-state index contributed by atoms with van der Waals surface area (Å²) in [6.45, 7) is 5.71. The van der Waals surface area contributed by atoms with Gasteiger partial charge in [-0.05, 0) is 45.0 Å². The molecule has 0 spiro atoms. The van der Waals surface area contributed by atoms with E-state index in [0.717, 1.165) is 10.2 Å². The minimum absolute atomic E-state index is 0.359. The van der Waals surface area contributed by atoms with Gasteiger partial charge in [0, 0.05) is 10.2 Å². The Morgan fingerprint density at radius 3 is 2.33 bits per heavy atom. The molecule has 0 saturated heterocycles. The fourth-order valence-electron chi connectivity index (χ4n) is 1.11. The molecule has 15 heavy (non-hydrogen) atoms. The molecule has 1 rings (SSSR count). The summed E-state index contributed by atoms with van der Waals surface area (Å²) < 4.78 is 1.04. The molecule has 0 bridgehead atoms. The van der Waals surface area contributed by atoms with Crippen LogP contribution in [0, 0.1) is 0 Å². The molecule has 4 heteroatoms. The minimum atomic E-state index is -0.359. The monoisotopic (exact) mass is 270 g/mol. The third-order valence-corrected chi connectivity index (χ3v) is 2.88. The summed E-state index contributed by atoms with van der Waals surface area (Å²) in [7, 11) is 0. The number of anilines is 1. The summed E-state index contributed by atoms with van der Waals surface area (Å²) in [5.74, 6) is 0. The first kappa shape index (κ1) is 12.0. The van der Waals surface area contributed by atoms with Crippen LogP contribution in [0.3, 0.4) is 0 Å². The highest BCUT2D eigenvalue weighted by atomic mass is 79.9. The van der Waals surface area contributed by atoms with Gasteiger partial charge < -0.3 is 10.5 Å². The number of nitrogens with one attached hydrogen (secondary N) is 1. The van der Waals surface area contributed by atoms with E-state index in [9.17, 15) is 0 Å². The molecular weight excluding hydrogens is 256 g/mol. The molecule has 0 aliphatic heterocycles. The second-order valence-corrected chi connectivity index (χ2v) is 4.86. The van der Waals surface area contributed by atoms with Gasteiger partial charge in [0.15, 0.2) is 0 Å². The summed E-state index contributed by atoms with van der Waals surface area (Å²) in [4.78, 5) is 0. The maximum Gasteiger partial charge on any atom is 0.0787 e. The molecule has 1 aromatic rings. The molecule has 3 nitrogen and oxygen atoms in total. The van der Waals surface area contributed by atoms with E-state index >= 15 is 0 Å². The van der Waals surface area contributed by atoms with Gasteiger partial charge in [0.1, 0.15) is 0 Å². The molecule has 0 saturated carbocycles. The smallest absolute Gasteiger partial charge is 0.0787 e. The maximum atomic E-state index is 8.73. The number of hydrogen-bond donors (Lipinski definition) is 2. The van der Waals surface area contributed by atoms with Crippen LogP contribution in [-0.4, -0.2) is 16.5 Å². The number of rotatable bonds is 3. The first-order valence-corrected chi connectivity index (χ1v) is 5.48. The normalized spacial score (nSPS) is 12.7. The van der Waals surface area contributed by atoms with Crippen LogP contribution in [0.15, 0.2) is 33.9 Å². The van der Waals surface area contributed by atoms with Crippen LogP contribution in [-0.2, 0) is 0 Å². The first-order chi connectivity index (χ1) is 6.95. The molecule has 0 aromatic heterocycles. The summed E-state index contributed by atoms with van der Waals surface area (Å²) in [5.41, 5.74) is 1.28. The van der Waals surface area contributed by atoms with Crippen molar-refractivity contribution in [3.05, 3.63) is 28.7 Å². The standard InChI is InChI=1S/C11H15BrN2O/c1-8(14-15)11(2,3)13-10-6-4-9(12)5-7-10/h4-7,13,15H,1-3H3/b14-8-. The van der Waals surface area contributed by atoms with Crippen molar-refractivity contribution in [1.29, 1.82) is 0 Å². The molecule has 2 N–H and O–H groups in total. The summed E-state index contributed by atoms with van der Waals surface area (Å²) >= 11 is 3.38. The lowest BCUT2D eigenvalue weighted by Gasteiger charge is -2.26. The number of nitrogens with zero attached hydrogens (tertiary/aromatic N) is 1. The zero-order chi connectivity index (χ0) is 11.5. The molecule has 0 amide bonds. The van der Waals surface area contributed by atoms with Gasteiger partial charge in [-0.3, -0.25) is 0 Å². The second-order valence-electron chi connectivity index (χ2n) is 3.94. The fraction of sp³-hybridized carbons (Fsp3) is 0.364. The highest BCUT2D eigenvalue weighted by Gasteiger charge is 2.21. The van der Waals surface area contributed by atoms with Gasteiger partial charge in [0.25, 0.3) is 0 Å². The molecule has 82 valence electrons. The molecule has 0 aliphatic rings. The molecule has 0 atom stereocenters. The lowest BCUT2D eigenvalue weighted by Crippen LogP contribution is -2.38. The van der Waals surface area contributed by atoms with Crippen molar-refractivity contribution in [2.45, 2.75) is 26.3 Å². The van der Waals surface area contributed by atoms with Crippen LogP contribution in [0.25, 0.3) is 0 Å². The van der Waals surface area contributed by atoms with E-state index in [1.54, 1.807) is 6.92 Å². The Balaban J connectivity index is 2.82. The Kier molecular flexibility index (Phi) is 3.74. The topological polar surface area (TPSA) is 44.6 Å². The fourth-order valence-corrected chi connectivity index (χ4v) is 1.37. The van der Waals surface area contributed by atoms with Crippen LogP contribution in [0.1, 0.15) is 20.8 Å². The Labute approximate surface area is 98.3 Å². The van der Waals surface area contributed by atoms with Gasteiger partial charge >= 0.3 is 0 Å². The van der Waals surface area contributed by atoms with Gasteiger partial charge in [-0.2, -0.15) is 0 Å². The van der Waals surface area contributed by atoms with Gasteiger partial charge in [0.05, 0.1) is 11.3 Å². The first-order valence-electron chi connectivity index (χ1n) is 4.68. The molecule has 0 unspecified atom stereocenters. The SMILES string of the molecule is C/C(=N/O)C(C)(C)Nc1ccc(Br)cc1. The molecule has 0 radical (unpaired) electrons. The third-order valence-electron chi connectivity index (χ3n) is 2.36. The van der Waals surface area contributed by atoms with Crippen LogP contribution < -0.4 is 5.32 Å². The van der Waals surface area contributed by atoms with Gasteiger partial charge in [0.2, 0.25) is 0 Å². The molecule has 0 heterocycles. The third kappa shape index (κ3) is 3.23. The number of oxime groups is 1. The highest BCUT2D eigenvalue weighted by Crippen LogP contribution is 2.19. The summed E-state index contributed by atoms with van der Waals surface area (Å²) in [6.07, 6.45) is 0. The number of benzene rings is 1. The van der Waals surface area contributed by atoms with E-state index in [1.165, 1.54) is 0 Å². The van der Waals surface area contributed by atoms with Crippen molar-refractivity contribution in [3.8, 4) is 0 Å². The van der Waals surface area contributed by atoms with Gasteiger partial charge in [-0.15, -0.1) is 0 Å². The highest BCUT2D eigenvalue weighted by molar-refractivity contribution is 9.10. The van der Waals surface area contributed by atoms with E-state index in [1.807, 2.05) is 38.1 Å². The van der Waals surface area contributed by atoms with Gasteiger partial charge in [-0.1, -0.05) is 21.1 Å². The number of hydrogen-bond acceptors (Lipinski definition) is 3. The van der Waals surface area contributed by atoms with Crippen molar-refractivity contribution in [2.24, 2.45) is 5.16 Å². The van der Waals surface area contributed by atoms with Crippen LogP contribution in [0.4, 0.5) is 5.69 Å². The zero-order valence-electron chi connectivity index (χ0n) is 9.08. The van der Waals surface area contributed by atoms with Crippen LogP contribution >= 0.6 is 15.9 Å². The number of halogens is 1. The van der Waals surface area contributed by atoms with E-state index in [2.05, 4.69) is 26.4 Å². The van der Waals surface area contributed by atoms with Crippen LogP contribution in [0.2, 0.25) is 0 Å². The molecule has 0 fully saturated rings. The van der Waals surface area contributed by atoms with Crippen molar-refractivity contribution in [3.63, 3.8) is 0 Å². The van der Waals surface area contributed by atoms with Crippen molar-refractivity contribution in [2.75, 3.05) is 5.32 Å². The van der Waals surface area contributed by atoms with Crippen LogP contribution in [0.5, 0.6) is 0 Å². The second kappa shape index (κ2) is 4.66. The molecule has 1 aromatic carbocycles. The van der Waals surface area contributed by atoms with Crippen molar-refractivity contribution < 1.29 is 5.21 Å². The van der Waals surface area contributed by atoms with Crippen molar-refractivity contribution in [1.82, 2.24) is 0 Å². The largest absolute Gasteiger partial charge is 0.411 e. The predicted molar refractivity (Wildman–Crippen MR) is 66.7 cm³/mol. The Bertz CT molecular complexity index is 357. The minimum Gasteiger partial charge on any atom is -0.411 e. The maximum absolute atomic E-state index is 8.73. The summed E-state index contributed by atoms with van der Waals surface area (Å²) in [6, 6.07) is 7.86.